The van der Waals surface area contributed by atoms with Gasteiger partial charge < -0.3 is 9.80 Å². The fourth-order valence-electron chi connectivity index (χ4n) is 2.63. The van der Waals surface area contributed by atoms with E-state index in [4.69, 9.17) is 0 Å². The lowest BCUT2D eigenvalue weighted by molar-refractivity contribution is -0.385. The van der Waals surface area contributed by atoms with Gasteiger partial charge in [-0.2, -0.15) is 0 Å². The van der Waals surface area contributed by atoms with Crippen molar-refractivity contribution in [1.29, 1.82) is 0 Å². The van der Waals surface area contributed by atoms with E-state index >= 15 is 0 Å². The lowest BCUT2D eigenvalue weighted by Gasteiger charge is -2.25. The minimum absolute atomic E-state index is 0.128. The molecule has 0 saturated heterocycles. The topological polar surface area (TPSA) is 95.8 Å². The Morgan fingerprint density at radius 2 is 1.70 bits per heavy atom. The summed E-state index contributed by atoms with van der Waals surface area (Å²) in [5.41, 5.74) is 1.75. The van der Waals surface area contributed by atoms with Crippen molar-refractivity contribution in [2.24, 2.45) is 0 Å². The van der Waals surface area contributed by atoms with E-state index in [-0.39, 0.29) is 23.2 Å². The zero-order chi connectivity index (χ0) is 20.2. The highest BCUT2D eigenvalue weighted by molar-refractivity contribution is 7.89. The van der Waals surface area contributed by atoms with Crippen LogP contribution in [0.2, 0.25) is 0 Å². The summed E-state index contributed by atoms with van der Waals surface area (Å²) in [5, 5.41) is 10.9. The van der Waals surface area contributed by atoms with Crippen LogP contribution >= 0.6 is 0 Å². The third-order valence-corrected chi connectivity index (χ3v) is 5.64. The number of benzene rings is 2. The first-order valence-corrected chi connectivity index (χ1v) is 9.78. The summed E-state index contributed by atoms with van der Waals surface area (Å²) in [5.74, 6) is 0. The first-order chi connectivity index (χ1) is 12.6. The number of nitro benzene ring substituents is 1. The Morgan fingerprint density at radius 1 is 1.07 bits per heavy atom. The molecule has 1 N–H and O–H groups in total. The first kappa shape index (κ1) is 20.8. The molecule has 146 valence electrons. The van der Waals surface area contributed by atoms with Gasteiger partial charge in [-0.05, 0) is 37.9 Å². The van der Waals surface area contributed by atoms with E-state index in [2.05, 4.69) is 4.72 Å². The molecule has 0 aliphatic heterocycles. The summed E-state index contributed by atoms with van der Waals surface area (Å²) in [6, 6.07) is 12.7. The van der Waals surface area contributed by atoms with Gasteiger partial charge in [-0.15, -0.1) is 0 Å². The molecule has 2 aromatic rings. The van der Waals surface area contributed by atoms with Crippen molar-refractivity contribution < 1.29 is 13.3 Å². The Morgan fingerprint density at radius 3 is 2.22 bits per heavy atom. The maximum absolute atomic E-state index is 12.5. The van der Waals surface area contributed by atoms with E-state index in [1.807, 2.05) is 62.3 Å². The van der Waals surface area contributed by atoms with Gasteiger partial charge in [-0.3, -0.25) is 10.1 Å². The van der Waals surface area contributed by atoms with Gasteiger partial charge in [0.05, 0.1) is 9.82 Å². The SMILES string of the molecule is CN(C)c1ccc([C@@H](CNS(=O)(=O)c2cccc([N+](=O)[O-])c2)N(C)C)cc1. The number of anilines is 1. The Hall–Kier alpha value is -2.49. The molecular formula is C18H24N4O4S. The number of sulfonamides is 1. The monoisotopic (exact) mass is 392 g/mol. The number of nitrogens with zero attached hydrogens (tertiary/aromatic N) is 3. The average molecular weight is 392 g/mol. The van der Waals surface area contributed by atoms with Gasteiger partial charge in [-0.1, -0.05) is 18.2 Å². The van der Waals surface area contributed by atoms with Crippen LogP contribution in [0.25, 0.3) is 0 Å². The quantitative estimate of drug-likeness (QED) is 0.547. The van der Waals surface area contributed by atoms with Gasteiger partial charge in [0, 0.05) is 44.5 Å². The number of non-ortho nitro benzene ring substituents is 1. The molecule has 0 unspecified atom stereocenters. The van der Waals surface area contributed by atoms with Gasteiger partial charge in [0.1, 0.15) is 0 Å². The Labute approximate surface area is 159 Å². The average Bonchev–Trinajstić information content (AvgIpc) is 2.62. The number of hydrogen-bond donors (Lipinski definition) is 1. The van der Waals surface area contributed by atoms with Crippen molar-refractivity contribution in [1.82, 2.24) is 9.62 Å². The predicted octanol–water partition coefficient (Wildman–Crippen LogP) is 2.24. The summed E-state index contributed by atoms with van der Waals surface area (Å²) in [6.45, 7) is 0.138. The van der Waals surface area contributed by atoms with Crippen LogP contribution in [0, 0.1) is 10.1 Å². The second kappa shape index (κ2) is 8.47. The normalized spacial score (nSPS) is 12.8. The van der Waals surface area contributed by atoms with E-state index in [1.165, 1.54) is 18.2 Å². The lowest BCUT2D eigenvalue weighted by Crippen LogP contribution is -2.34. The Kier molecular flexibility index (Phi) is 6.53. The zero-order valence-electron chi connectivity index (χ0n) is 15.8. The molecule has 0 aliphatic rings. The highest BCUT2D eigenvalue weighted by Crippen LogP contribution is 2.22. The van der Waals surface area contributed by atoms with Gasteiger partial charge in [-0.25, -0.2) is 13.1 Å². The Balaban J connectivity index is 2.19. The van der Waals surface area contributed by atoms with Gasteiger partial charge >= 0.3 is 0 Å². The smallest absolute Gasteiger partial charge is 0.270 e. The number of rotatable bonds is 8. The highest BCUT2D eigenvalue weighted by Gasteiger charge is 2.21. The summed E-state index contributed by atoms with van der Waals surface area (Å²) in [4.78, 5) is 14.0. The second-order valence-electron chi connectivity index (χ2n) is 6.57. The van der Waals surface area contributed by atoms with Crippen LogP contribution in [0.1, 0.15) is 11.6 Å². The molecule has 9 heteroatoms. The zero-order valence-corrected chi connectivity index (χ0v) is 16.6. The van der Waals surface area contributed by atoms with Crippen molar-refractivity contribution in [3.8, 4) is 0 Å². The number of nitrogens with one attached hydrogen (secondary N) is 1. The molecule has 0 amide bonds. The van der Waals surface area contributed by atoms with E-state index in [1.54, 1.807) is 0 Å². The van der Waals surface area contributed by atoms with Crippen LogP contribution in [-0.4, -0.2) is 53.0 Å². The maximum Gasteiger partial charge on any atom is 0.270 e. The minimum Gasteiger partial charge on any atom is -0.378 e. The molecule has 8 nitrogen and oxygen atoms in total. The van der Waals surface area contributed by atoms with Crippen LogP contribution in [-0.2, 0) is 10.0 Å². The molecular weight excluding hydrogens is 368 g/mol. The third kappa shape index (κ3) is 5.25. The standard InChI is InChI=1S/C18H24N4O4S/c1-20(2)15-10-8-14(9-11-15)18(21(3)4)13-19-27(25,26)17-7-5-6-16(12-17)22(23)24/h5-12,18-19H,13H2,1-4H3/t18-/m1/s1. The molecule has 0 bridgehead atoms. The lowest BCUT2D eigenvalue weighted by atomic mass is 10.1. The van der Waals surface area contributed by atoms with Crippen LogP contribution in [0.4, 0.5) is 11.4 Å². The van der Waals surface area contributed by atoms with Crippen LogP contribution in [0.3, 0.4) is 0 Å². The molecule has 2 rings (SSSR count). The summed E-state index contributed by atoms with van der Waals surface area (Å²) in [6.07, 6.45) is 0. The van der Waals surface area contributed by atoms with Gasteiger partial charge in [0.15, 0.2) is 0 Å². The van der Waals surface area contributed by atoms with Gasteiger partial charge in [0.25, 0.3) is 5.69 Å². The number of nitro groups is 1. The number of likely N-dealkylation sites (N-methyl/N-ethyl adjacent to an activating group) is 1. The van der Waals surface area contributed by atoms with Crippen molar-refractivity contribution in [3.05, 3.63) is 64.2 Å². The van der Waals surface area contributed by atoms with Gasteiger partial charge in [0.2, 0.25) is 10.0 Å². The second-order valence-corrected chi connectivity index (χ2v) is 8.34. The van der Waals surface area contributed by atoms with Crippen molar-refractivity contribution in [2.45, 2.75) is 10.9 Å². The highest BCUT2D eigenvalue weighted by atomic mass is 32.2. The molecule has 0 aliphatic carbocycles. The summed E-state index contributed by atoms with van der Waals surface area (Å²) >= 11 is 0. The molecule has 2 aromatic carbocycles. The molecule has 0 aromatic heterocycles. The molecule has 27 heavy (non-hydrogen) atoms. The van der Waals surface area contributed by atoms with E-state index in [0.717, 1.165) is 17.3 Å². The summed E-state index contributed by atoms with van der Waals surface area (Å²) in [7, 11) is 3.77. The number of hydrogen-bond acceptors (Lipinski definition) is 6. The van der Waals surface area contributed by atoms with Crippen LogP contribution < -0.4 is 9.62 Å². The molecule has 0 saturated carbocycles. The minimum atomic E-state index is -3.86. The van der Waals surface area contributed by atoms with Crippen molar-refractivity contribution >= 4 is 21.4 Å². The van der Waals surface area contributed by atoms with E-state index in [0.29, 0.717) is 0 Å². The van der Waals surface area contributed by atoms with E-state index < -0.39 is 14.9 Å². The van der Waals surface area contributed by atoms with Crippen LogP contribution in [0.5, 0.6) is 0 Å². The third-order valence-electron chi connectivity index (χ3n) is 4.22. The first-order valence-electron chi connectivity index (χ1n) is 8.29. The Bertz CT molecular complexity index is 896. The molecule has 0 heterocycles. The largest absolute Gasteiger partial charge is 0.378 e. The molecule has 1 atom stereocenters. The molecule has 0 spiro atoms. The fourth-order valence-corrected chi connectivity index (χ4v) is 3.71. The fraction of sp³-hybridized carbons (Fsp3) is 0.333. The molecule has 0 fully saturated rings. The summed E-state index contributed by atoms with van der Waals surface area (Å²) < 4.78 is 27.7. The van der Waals surface area contributed by atoms with Crippen molar-refractivity contribution in [3.63, 3.8) is 0 Å². The predicted molar refractivity (Wildman–Crippen MR) is 105 cm³/mol. The van der Waals surface area contributed by atoms with E-state index in [9.17, 15) is 18.5 Å². The maximum atomic E-state index is 12.5. The molecule has 0 radical (unpaired) electrons. The van der Waals surface area contributed by atoms with Crippen LogP contribution in [0.15, 0.2) is 53.4 Å². The van der Waals surface area contributed by atoms with Crippen molar-refractivity contribution in [2.75, 3.05) is 39.6 Å².